The Morgan fingerprint density at radius 1 is 0.828 bits per heavy atom. The summed E-state index contributed by atoms with van der Waals surface area (Å²) in [6.45, 7) is 12.5. The van der Waals surface area contributed by atoms with Gasteiger partial charge in [-0.3, -0.25) is 14.5 Å². The van der Waals surface area contributed by atoms with Crippen LogP contribution >= 0.6 is 0 Å². The third-order valence-corrected chi connectivity index (χ3v) is 1.60. The molecule has 0 atom stereocenters. The van der Waals surface area contributed by atoms with E-state index in [-0.39, 0.29) is 168 Å². The third-order valence-electron chi connectivity index (χ3n) is 1.60. The minimum Gasteiger partial charge on any atom is -0.595 e. The zero-order valence-electron chi connectivity index (χ0n) is 16.9. The van der Waals surface area contributed by atoms with Crippen molar-refractivity contribution in [2.45, 2.75) is 55.4 Å². The molecule has 0 N–H and O–H groups in total. The van der Waals surface area contributed by atoms with Crippen LogP contribution in [0.1, 0.15) is 55.4 Å². The van der Waals surface area contributed by atoms with Crippen molar-refractivity contribution in [2.24, 2.45) is 0 Å². The van der Waals surface area contributed by atoms with Gasteiger partial charge in [-0.15, -0.1) is 0 Å². The summed E-state index contributed by atoms with van der Waals surface area (Å²) in [6.07, 6.45) is 0.135. The molecule has 0 aliphatic carbocycles. The van der Waals surface area contributed by atoms with E-state index in [1.165, 1.54) is 27.8 Å². The second kappa shape index (κ2) is 36.2. The van der Waals surface area contributed by atoms with Crippen LogP contribution in [0.2, 0.25) is 0 Å². The Kier molecular flexibility index (Phi) is 71.3. The Balaban J connectivity index is -0.0000000245. The van der Waals surface area contributed by atoms with E-state index in [4.69, 9.17) is 0 Å². The molecule has 2 heterocycles. The predicted octanol–water partition coefficient (Wildman–Crippen LogP) is 2.75. The van der Waals surface area contributed by atoms with Crippen LogP contribution in [0.4, 0.5) is 0 Å². The summed E-state index contributed by atoms with van der Waals surface area (Å²) in [7, 11) is 1.48. The maximum Gasteiger partial charge on any atom is 0.238 e. The summed E-state index contributed by atoms with van der Waals surface area (Å²) in [5.41, 5.74) is 0. The monoisotopic (exact) mass is 641 g/mol. The number of carbonyl (C=O) groups excluding carboxylic acids is 6. The maximum absolute atomic E-state index is 10.1. The summed E-state index contributed by atoms with van der Waals surface area (Å²) in [6, 6.07) is 0. The number of amides is 4. The zero-order chi connectivity index (χ0) is 19.2. The number of likely N-dealkylation sites (tertiary alicyclic amines) is 1. The van der Waals surface area contributed by atoms with Crippen LogP contribution in [0, 0.1) is 21.3 Å². The molecule has 2 fully saturated rings. The molecule has 0 unspecified atom stereocenters. The summed E-state index contributed by atoms with van der Waals surface area (Å²) < 4.78 is 0. The van der Waals surface area contributed by atoms with Crippen molar-refractivity contribution in [3.63, 3.8) is 0 Å². The van der Waals surface area contributed by atoms with Crippen LogP contribution in [-0.2, 0) is 127 Å². The molecule has 2 rings (SSSR count). The van der Waals surface area contributed by atoms with E-state index < -0.39 is 0 Å². The van der Waals surface area contributed by atoms with Gasteiger partial charge in [-0.25, -0.2) is 0 Å². The van der Waals surface area contributed by atoms with Crippen molar-refractivity contribution in [3.8, 4) is 0 Å². The molecule has 2 aliphatic heterocycles. The van der Waals surface area contributed by atoms with Gasteiger partial charge in [0, 0.05) is 112 Å². The molecule has 0 spiro atoms. The van der Waals surface area contributed by atoms with E-state index in [0.717, 1.165) is 4.90 Å². The molecule has 29 heavy (non-hydrogen) atoms. The Bertz CT molecular complexity index is 417. The van der Waals surface area contributed by atoms with E-state index in [1.807, 2.05) is 0 Å². The van der Waals surface area contributed by atoms with Crippen molar-refractivity contribution in [2.75, 3.05) is 7.05 Å². The number of nitrogens with zero attached hydrogens (tertiary/aromatic N) is 2. The van der Waals surface area contributed by atoms with Gasteiger partial charge in [0.15, 0.2) is 0 Å². The zero-order valence-corrected chi connectivity index (χ0v) is 25.4. The Morgan fingerprint density at radius 2 is 1.00 bits per heavy atom. The van der Waals surface area contributed by atoms with Crippen LogP contribution in [0.3, 0.4) is 0 Å². The quantitative estimate of drug-likeness (QED) is 0.228. The largest absolute Gasteiger partial charge is 0.595 e. The van der Waals surface area contributed by atoms with Gasteiger partial charge < -0.3 is 45.8 Å². The average molecular weight is 641 g/mol. The van der Waals surface area contributed by atoms with E-state index >= 15 is 0 Å². The van der Waals surface area contributed by atoms with Gasteiger partial charge >= 0.3 is 0 Å². The number of β-lactam (4-membered cyclic amide) rings is 4. The Morgan fingerprint density at radius 3 is 1.00 bits per heavy atom. The van der Waals surface area contributed by atoms with Gasteiger partial charge in [-0.2, -0.15) is 6.92 Å². The molecule has 0 bridgehead atoms. The van der Waals surface area contributed by atoms with Gasteiger partial charge in [0.25, 0.3) is 0 Å². The first-order chi connectivity index (χ1) is 10.5. The van der Waals surface area contributed by atoms with E-state index in [9.17, 15) is 28.8 Å². The van der Waals surface area contributed by atoms with Crippen LogP contribution in [0.25, 0.3) is 5.32 Å². The second-order valence-electron chi connectivity index (χ2n) is 4.21. The number of hydrogen-bond acceptors (Lipinski definition) is 6. The molecule has 8 nitrogen and oxygen atoms in total. The summed E-state index contributed by atoms with van der Waals surface area (Å²) in [5.74, 6) is -0.657. The van der Waals surface area contributed by atoms with Crippen molar-refractivity contribution >= 4 is 35.2 Å². The first-order valence-corrected chi connectivity index (χ1v) is 6.54. The molecule has 165 valence electrons. The topological polar surface area (TPSA) is 120 Å². The van der Waals surface area contributed by atoms with Crippen LogP contribution < -0.4 is 0 Å². The van der Waals surface area contributed by atoms with Gasteiger partial charge in [-0.05, 0) is 26.6 Å². The Hall–Kier alpha value is 0.802. The second-order valence-corrected chi connectivity index (χ2v) is 4.21. The van der Waals surface area contributed by atoms with Crippen LogP contribution in [0.5, 0.6) is 0 Å². The SMILES string of the molecule is C.C.CC(C)=O.CN1C(=O)CC1=O.O=C1CC(=O)[N-]1.[CH2-]C.[CH2-]C(C)=O.[CH3-].[Y].[Y].[Y]. The number of imide groups is 2. The molecular formula is C18H34N2O6Y3-4. The minimum atomic E-state index is -0.292. The first-order valence-electron chi connectivity index (χ1n) is 6.54. The molecule has 3 radical (unpaired) electrons. The number of hydrogen-bond donors (Lipinski definition) is 0. The number of carbonyl (C=O) groups is 6. The molecule has 0 aromatic heterocycles. The number of rotatable bonds is 0. The van der Waals surface area contributed by atoms with Crippen molar-refractivity contribution in [1.29, 1.82) is 0 Å². The smallest absolute Gasteiger partial charge is 0.238 e. The predicted molar refractivity (Wildman–Crippen MR) is 104 cm³/mol. The fraction of sp³-hybridized carbons (Fsp3) is 0.500. The molecule has 11 heteroatoms. The summed E-state index contributed by atoms with van der Waals surface area (Å²) in [5, 5.41) is 2.94. The Labute approximate surface area is 252 Å². The third kappa shape index (κ3) is 47.8. The molecule has 4 amide bonds. The molecule has 0 saturated carbocycles. The maximum atomic E-state index is 10.1. The molecule has 2 aliphatic rings. The molecule has 2 saturated heterocycles. The van der Waals surface area contributed by atoms with Gasteiger partial charge in [0.1, 0.15) is 12.2 Å². The normalized spacial score (nSPS) is 10.8. The first kappa shape index (κ1) is 57.1. The summed E-state index contributed by atoms with van der Waals surface area (Å²) >= 11 is 0. The van der Waals surface area contributed by atoms with E-state index in [1.54, 1.807) is 6.92 Å². The number of ketones is 2. The fourth-order valence-electron chi connectivity index (χ4n) is 0.671. The standard InChI is InChI=1S/C4H5NO2.C3H3NO2.C3H6O.C3H5O.C2H5.2CH4.CH3.3Y/c1-5-3(6)2-4(5)7;5-2-1-3(6)4-2;2*1-3(2)4;1-2;;;;;;/h2H2,1H3;1H2,(H,4,5,6);1-2H3;1H2,2H3;1H2,2H3;2*1H4;1H3;;;/q;;;2*-1;;;-1;;;/p-1. The van der Waals surface area contributed by atoms with Gasteiger partial charge in [-0.1, -0.05) is 14.9 Å². The fourth-order valence-corrected chi connectivity index (χ4v) is 0.671. The van der Waals surface area contributed by atoms with Gasteiger partial charge in [0.05, 0.1) is 11.8 Å². The number of Topliss-reactive ketones (excluding diaryl/α,β-unsaturated/α-hetero) is 2. The van der Waals surface area contributed by atoms with Gasteiger partial charge in [0.2, 0.25) is 11.8 Å². The molecule has 0 aromatic rings. The van der Waals surface area contributed by atoms with Crippen molar-refractivity contribution in [3.05, 3.63) is 26.6 Å². The molecular weight excluding hydrogens is 607 g/mol. The van der Waals surface area contributed by atoms with E-state index in [0.29, 0.717) is 0 Å². The van der Waals surface area contributed by atoms with Crippen LogP contribution in [-0.4, -0.2) is 47.1 Å². The summed E-state index contributed by atoms with van der Waals surface area (Å²) in [4.78, 5) is 59.6. The van der Waals surface area contributed by atoms with Crippen molar-refractivity contribution in [1.82, 2.24) is 4.90 Å². The van der Waals surface area contributed by atoms with E-state index in [2.05, 4.69) is 19.2 Å². The molecule has 0 aromatic carbocycles. The van der Waals surface area contributed by atoms with Crippen LogP contribution in [0.15, 0.2) is 0 Å². The minimum absolute atomic E-state index is 0. The average Bonchev–Trinajstić information content (AvgIpc) is 2.39. The van der Waals surface area contributed by atoms with Crippen molar-refractivity contribution < 1.29 is 127 Å².